The maximum atomic E-state index is 11.0. The fourth-order valence-electron chi connectivity index (χ4n) is 2.79. The molecule has 0 aliphatic carbocycles. The highest BCUT2D eigenvalue weighted by atomic mass is 16.4. The molecule has 24 heavy (non-hydrogen) atoms. The maximum Gasteiger partial charge on any atom is 0.338 e. The molecular weight excluding hydrogens is 306 g/mol. The summed E-state index contributed by atoms with van der Waals surface area (Å²) >= 11 is 0. The van der Waals surface area contributed by atoms with Gasteiger partial charge in [-0.25, -0.2) is 9.48 Å². The largest absolute Gasteiger partial charge is 0.478 e. The molecule has 0 spiro atoms. The van der Waals surface area contributed by atoms with Crippen LogP contribution in [0.1, 0.15) is 42.2 Å². The molecule has 7 heteroatoms. The Morgan fingerprint density at radius 1 is 1.46 bits per heavy atom. The minimum atomic E-state index is -1.01. The summed E-state index contributed by atoms with van der Waals surface area (Å²) in [6.07, 6.45) is 3.19. The number of rotatable bonds is 5. The van der Waals surface area contributed by atoms with Crippen molar-refractivity contribution in [1.29, 1.82) is 5.26 Å². The minimum Gasteiger partial charge on any atom is -0.478 e. The van der Waals surface area contributed by atoms with Crippen LogP contribution >= 0.6 is 0 Å². The number of hydrogen-bond acceptors (Lipinski definition) is 4. The lowest BCUT2D eigenvalue weighted by Crippen LogP contribution is -2.07. The molecule has 3 rings (SSSR count). The molecule has 3 aromatic rings. The van der Waals surface area contributed by atoms with E-state index in [1.54, 1.807) is 0 Å². The second-order valence-corrected chi connectivity index (χ2v) is 6.03. The molecule has 0 fully saturated rings. The Kier molecular flexibility index (Phi) is 4.04. The van der Waals surface area contributed by atoms with E-state index >= 15 is 0 Å². The Bertz CT molecular complexity index is 932. The highest BCUT2D eigenvalue weighted by Gasteiger charge is 2.21. The van der Waals surface area contributed by atoms with Gasteiger partial charge >= 0.3 is 5.97 Å². The van der Waals surface area contributed by atoms with Crippen molar-refractivity contribution in [2.24, 2.45) is 5.92 Å². The van der Waals surface area contributed by atoms with Crippen molar-refractivity contribution >= 4 is 16.9 Å². The zero-order valence-electron chi connectivity index (χ0n) is 13.4. The highest BCUT2D eigenvalue weighted by molar-refractivity contribution is 5.87. The third-order valence-electron chi connectivity index (χ3n) is 4.15. The van der Waals surface area contributed by atoms with Crippen LogP contribution in [0.2, 0.25) is 0 Å². The van der Waals surface area contributed by atoms with Gasteiger partial charge < -0.3 is 5.11 Å². The Morgan fingerprint density at radius 2 is 2.25 bits per heavy atom. The number of nitrogens with zero attached hydrogens (tertiary/aromatic N) is 4. The second kappa shape index (κ2) is 6.16. The van der Waals surface area contributed by atoms with Crippen LogP contribution in [0.4, 0.5) is 0 Å². The first-order valence-electron chi connectivity index (χ1n) is 7.64. The van der Waals surface area contributed by atoms with E-state index < -0.39 is 5.97 Å². The van der Waals surface area contributed by atoms with Crippen LogP contribution in [0.3, 0.4) is 0 Å². The summed E-state index contributed by atoms with van der Waals surface area (Å²) in [7, 11) is 0. The van der Waals surface area contributed by atoms with Crippen molar-refractivity contribution < 1.29 is 9.90 Å². The molecular formula is C17H17N5O2. The lowest BCUT2D eigenvalue weighted by Gasteiger charge is -2.16. The van der Waals surface area contributed by atoms with Crippen molar-refractivity contribution in [3.63, 3.8) is 0 Å². The smallest absolute Gasteiger partial charge is 0.338 e. The fraction of sp³-hybridized carbons (Fsp3) is 0.294. The van der Waals surface area contributed by atoms with Gasteiger partial charge in [-0.3, -0.25) is 5.10 Å². The van der Waals surface area contributed by atoms with E-state index in [4.69, 9.17) is 10.4 Å². The fourth-order valence-corrected chi connectivity index (χ4v) is 2.79. The van der Waals surface area contributed by atoms with Crippen LogP contribution in [0.25, 0.3) is 16.6 Å². The normalized spacial score (nSPS) is 12.4. The maximum absolute atomic E-state index is 11.0. The van der Waals surface area contributed by atoms with Crippen molar-refractivity contribution in [1.82, 2.24) is 20.0 Å². The first kappa shape index (κ1) is 15.7. The van der Waals surface area contributed by atoms with Gasteiger partial charge in [0.15, 0.2) is 0 Å². The average molecular weight is 323 g/mol. The summed E-state index contributed by atoms with van der Waals surface area (Å²) in [5.41, 5.74) is 2.61. The van der Waals surface area contributed by atoms with Crippen LogP contribution in [0.15, 0.2) is 30.6 Å². The molecule has 0 saturated heterocycles. The van der Waals surface area contributed by atoms with Crippen molar-refractivity contribution in [3.8, 4) is 11.8 Å². The number of aromatic nitrogens is 4. The lowest BCUT2D eigenvalue weighted by molar-refractivity contribution is 0.0697. The molecule has 122 valence electrons. The second-order valence-electron chi connectivity index (χ2n) is 6.03. The average Bonchev–Trinajstić information content (AvgIpc) is 3.19. The van der Waals surface area contributed by atoms with Gasteiger partial charge in [-0.15, -0.1) is 0 Å². The van der Waals surface area contributed by atoms with Crippen molar-refractivity contribution in [2.75, 3.05) is 0 Å². The molecule has 1 aromatic carbocycles. The number of carbonyl (C=O) groups is 1. The third-order valence-corrected chi connectivity index (χ3v) is 4.15. The summed E-state index contributed by atoms with van der Waals surface area (Å²) in [6, 6.07) is 7.84. The van der Waals surface area contributed by atoms with Gasteiger partial charge in [-0.2, -0.15) is 15.5 Å². The zero-order valence-corrected chi connectivity index (χ0v) is 13.4. The number of aromatic carboxylic acids is 1. The number of carboxylic acids is 1. The number of hydrogen-bond donors (Lipinski definition) is 2. The van der Waals surface area contributed by atoms with E-state index in [2.05, 4.69) is 35.2 Å². The Hall–Kier alpha value is -3.14. The molecule has 0 aliphatic heterocycles. The van der Waals surface area contributed by atoms with Gasteiger partial charge in [0.2, 0.25) is 0 Å². The van der Waals surface area contributed by atoms with E-state index in [0.717, 1.165) is 22.3 Å². The van der Waals surface area contributed by atoms with Gasteiger partial charge in [0, 0.05) is 29.6 Å². The zero-order chi connectivity index (χ0) is 17.3. The molecule has 2 heterocycles. The number of benzene rings is 1. The van der Waals surface area contributed by atoms with E-state index in [1.807, 2.05) is 18.2 Å². The number of H-pyrrole nitrogens is 1. The molecule has 2 N–H and O–H groups in total. The van der Waals surface area contributed by atoms with Gasteiger partial charge in [0.1, 0.15) is 0 Å². The molecule has 2 aromatic heterocycles. The summed E-state index contributed by atoms with van der Waals surface area (Å²) in [4.78, 5) is 11.0. The molecule has 7 nitrogen and oxygen atoms in total. The predicted molar refractivity (Wildman–Crippen MR) is 88.0 cm³/mol. The standard InChI is InChI=1S/C17H17N5O2/c1-10(2)13(5-6-18)16-14-7-12(3-4-15(14)20-21-16)22-9-11(8-19-22)17(23)24/h3-4,7-10,13H,5H2,1-2H3,(H,20,21)(H,23,24). The SMILES string of the molecule is CC(C)C(CC#N)c1[nH]nc2ccc(-n3cc(C(=O)O)cn3)cc12. The number of carboxylic acid groups (broad SMARTS) is 1. The number of nitriles is 1. The van der Waals surface area contributed by atoms with Crippen LogP contribution < -0.4 is 0 Å². The molecule has 0 radical (unpaired) electrons. The number of aromatic amines is 1. The van der Waals surface area contributed by atoms with E-state index in [-0.39, 0.29) is 11.5 Å². The molecule has 0 amide bonds. The summed E-state index contributed by atoms with van der Waals surface area (Å²) in [5, 5.41) is 30.5. The number of fused-ring (bicyclic) bond motifs is 1. The highest BCUT2D eigenvalue weighted by Crippen LogP contribution is 2.32. The summed E-state index contributed by atoms with van der Waals surface area (Å²) in [5.74, 6) is -0.664. The first-order chi connectivity index (χ1) is 11.5. The predicted octanol–water partition coefficient (Wildman–Crippen LogP) is 3.10. The van der Waals surface area contributed by atoms with Crippen LogP contribution in [0.5, 0.6) is 0 Å². The van der Waals surface area contributed by atoms with Gasteiger partial charge in [0.05, 0.1) is 29.0 Å². The van der Waals surface area contributed by atoms with Crippen LogP contribution in [-0.2, 0) is 0 Å². The lowest BCUT2D eigenvalue weighted by atomic mass is 9.88. The monoisotopic (exact) mass is 323 g/mol. The Morgan fingerprint density at radius 3 is 2.88 bits per heavy atom. The Labute approximate surface area is 138 Å². The van der Waals surface area contributed by atoms with E-state index in [9.17, 15) is 4.79 Å². The quantitative estimate of drug-likeness (QED) is 0.750. The van der Waals surface area contributed by atoms with E-state index in [0.29, 0.717) is 12.3 Å². The van der Waals surface area contributed by atoms with Gasteiger partial charge in [-0.1, -0.05) is 13.8 Å². The van der Waals surface area contributed by atoms with E-state index in [1.165, 1.54) is 17.1 Å². The Balaban J connectivity index is 2.08. The molecule has 0 saturated carbocycles. The van der Waals surface area contributed by atoms with Gasteiger partial charge in [-0.05, 0) is 24.1 Å². The van der Waals surface area contributed by atoms with Gasteiger partial charge in [0.25, 0.3) is 0 Å². The van der Waals surface area contributed by atoms with Crippen molar-refractivity contribution in [2.45, 2.75) is 26.2 Å². The molecule has 1 unspecified atom stereocenters. The minimum absolute atomic E-state index is 0.0578. The molecule has 0 aliphatic rings. The molecule has 0 bridgehead atoms. The number of nitrogens with one attached hydrogen (secondary N) is 1. The van der Waals surface area contributed by atoms with Crippen LogP contribution in [0, 0.1) is 17.2 Å². The summed E-state index contributed by atoms with van der Waals surface area (Å²) < 4.78 is 1.52. The third kappa shape index (κ3) is 2.74. The van der Waals surface area contributed by atoms with Crippen LogP contribution in [-0.4, -0.2) is 31.1 Å². The topological polar surface area (TPSA) is 108 Å². The summed E-state index contributed by atoms with van der Waals surface area (Å²) in [6.45, 7) is 4.15. The van der Waals surface area contributed by atoms with Crippen molar-refractivity contribution in [3.05, 3.63) is 41.9 Å². The first-order valence-corrected chi connectivity index (χ1v) is 7.64. The molecule has 1 atom stereocenters.